The molecule has 0 fully saturated rings. The summed E-state index contributed by atoms with van der Waals surface area (Å²) in [5.41, 5.74) is 0. The Kier molecular flexibility index (Phi) is 3.80. The molecule has 8 heteroatoms. The van der Waals surface area contributed by atoms with Crippen molar-refractivity contribution >= 4 is 7.60 Å². The van der Waals surface area contributed by atoms with Gasteiger partial charge in [0.05, 0.1) is 13.2 Å². The molecule has 0 amide bonds. The van der Waals surface area contributed by atoms with Gasteiger partial charge in [0.25, 0.3) is 0 Å². The highest BCUT2D eigenvalue weighted by molar-refractivity contribution is 7.53. The predicted octanol–water partition coefficient (Wildman–Crippen LogP) is -2.80. The first kappa shape index (κ1) is 12.0. The second-order valence-corrected chi connectivity index (χ2v) is 4.14. The summed E-state index contributed by atoms with van der Waals surface area (Å²) in [6.45, 7) is -2.39. The van der Waals surface area contributed by atoms with Gasteiger partial charge in [0.15, 0.2) is 0 Å². The van der Waals surface area contributed by atoms with E-state index in [0.29, 0.717) is 0 Å². The highest BCUT2D eigenvalue weighted by Crippen LogP contribution is 2.50. The van der Waals surface area contributed by atoms with Crippen LogP contribution in [0.5, 0.6) is 0 Å². The third kappa shape index (κ3) is 2.02. The third-order valence-corrected chi connectivity index (χ3v) is 2.89. The van der Waals surface area contributed by atoms with Gasteiger partial charge >= 0.3 is 7.60 Å². The summed E-state index contributed by atoms with van der Waals surface area (Å²) >= 11 is 0. The van der Waals surface area contributed by atoms with Crippen molar-refractivity contribution in [1.82, 2.24) is 0 Å². The number of aliphatic hydroxyl groups excluding tert-OH is 3. The normalized spacial score (nSPS) is 20.2. The summed E-state index contributed by atoms with van der Waals surface area (Å²) in [6.07, 6.45) is -2.08. The Morgan fingerprint density at radius 2 is 1.75 bits per heavy atom. The maximum absolute atomic E-state index is 10.5. The quantitative estimate of drug-likeness (QED) is 0.270. The maximum atomic E-state index is 10.5. The van der Waals surface area contributed by atoms with E-state index in [2.05, 4.69) is 0 Å². The van der Waals surface area contributed by atoms with E-state index in [1.807, 2.05) is 0 Å². The molecule has 0 saturated heterocycles. The van der Waals surface area contributed by atoms with Crippen LogP contribution in [0.2, 0.25) is 0 Å². The molecular formula is C4H11O7P. The van der Waals surface area contributed by atoms with Gasteiger partial charge in [-0.05, 0) is 0 Å². The highest BCUT2D eigenvalue weighted by atomic mass is 31.2. The standard InChI is InChI=1S/C4H11O7P/c5-1-3(7)4(8,2-6)12(9,10)11/h3,5-8H,1-2H2,(H2,9,10,11)/t3-,4-/m1/s1. The van der Waals surface area contributed by atoms with Gasteiger partial charge in [-0.3, -0.25) is 4.57 Å². The molecule has 7 nitrogen and oxygen atoms in total. The molecule has 0 unspecified atom stereocenters. The Hall–Kier alpha value is -0.0100. The van der Waals surface area contributed by atoms with Crippen LogP contribution in [0.25, 0.3) is 0 Å². The van der Waals surface area contributed by atoms with Crippen molar-refractivity contribution in [3.8, 4) is 0 Å². The van der Waals surface area contributed by atoms with Gasteiger partial charge in [0.1, 0.15) is 6.10 Å². The highest BCUT2D eigenvalue weighted by Gasteiger charge is 2.50. The Morgan fingerprint density at radius 1 is 1.33 bits per heavy atom. The van der Waals surface area contributed by atoms with E-state index >= 15 is 0 Å². The van der Waals surface area contributed by atoms with Crippen molar-refractivity contribution in [2.45, 2.75) is 11.4 Å². The second-order valence-electron chi connectivity index (χ2n) is 2.28. The van der Waals surface area contributed by atoms with Crippen molar-refractivity contribution in [2.24, 2.45) is 0 Å². The fourth-order valence-electron chi connectivity index (χ4n) is 0.538. The maximum Gasteiger partial charge on any atom is 0.362 e. The third-order valence-electron chi connectivity index (χ3n) is 1.44. The smallest absolute Gasteiger partial charge is 0.362 e. The number of rotatable bonds is 4. The van der Waals surface area contributed by atoms with Gasteiger partial charge in [0, 0.05) is 0 Å². The molecule has 0 heterocycles. The summed E-state index contributed by atoms with van der Waals surface area (Å²) in [6, 6.07) is 0. The molecule has 0 spiro atoms. The minimum absolute atomic E-state index is 1.05. The topological polar surface area (TPSA) is 138 Å². The number of hydrogen-bond acceptors (Lipinski definition) is 5. The first-order valence-corrected chi connectivity index (χ1v) is 4.58. The van der Waals surface area contributed by atoms with E-state index in [-0.39, 0.29) is 0 Å². The molecule has 0 aromatic rings. The Labute approximate surface area is 68.1 Å². The molecule has 6 N–H and O–H groups in total. The minimum atomic E-state index is -5.06. The molecule has 0 radical (unpaired) electrons. The zero-order chi connectivity index (χ0) is 9.99. The molecule has 0 rings (SSSR count). The lowest BCUT2D eigenvalue weighted by molar-refractivity contribution is -0.0801. The molecular weight excluding hydrogens is 191 g/mol. The van der Waals surface area contributed by atoms with Crippen LogP contribution in [0, 0.1) is 0 Å². The van der Waals surface area contributed by atoms with Gasteiger partial charge in [-0.25, -0.2) is 0 Å². The van der Waals surface area contributed by atoms with Gasteiger partial charge < -0.3 is 30.2 Å². The van der Waals surface area contributed by atoms with Crippen LogP contribution in [0.4, 0.5) is 0 Å². The second kappa shape index (κ2) is 3.80. The Morgan fingerprint density at radius 3 is 1.83 bits per heavy atom. The number of hydrogen-bond donors (Lipinski definition) is 6. The lowest BCUT2D eigenvalue weighted by Crippen LogP contribution is -2.47. The van der Waals surface area contributed by atoms with E-state index in [1.165, 1.54) is 0 Å². The first-order chi connectivity index (χ1) is 5.29. The lowest BCUT2D eigenvalue weighted by atomic mass is 10.2. The van der Waals surface area contributed by atoms with Gasteiger partial charge in [-0.2, -0.15) is 0 Å². The van der Waals surface area contributed by atoms with Crippen LogP contribution in [-0.4, -0.2) is 54.9 Å². The van der Waals surface area contributed by atoms with Crippen LogP contribution in [0.3, 0.4) is 0 Å². The fourth-order valence-corrected chi connectivity index (χ4v) is 1.19. The molecule has 0 aliphatic carbocycles. The molecule has 0 aliphatic heterocycles. The van der Waals surface area contributed by atoms with E-state index in [0.717, 1.165) is 0 Å². The lowest BCUT2D eigenvalue weighted by Gasteiger charge is -2.30. The summed E-state index contributed by atoms with van der Waals surface area (Å²) in [5.74, 6) is 0. The van der Waals surface area contributed by atoms with Crippen molar-refractivity contribution in [1.29, 1.82) is 0 Å². The molecule has 0 saturated carbocycles. The van der Waals surface area contributed by atoms with Crippen LogP contribution < -0.4 is 0 Å². The van der Waals surface area contributed by atoms with E-state index < -0.39 is 32.3 Å². The summed E-state index contributed by atoms with van der Waals surface area (Å²) in [5, 5.41) is 31.5. The minimum Gasteiger partial charge on any atom is -0.394 e. The van der Waals surface area contributed by atoms with Crippen LogP contribution >= 0.6 is 7.60 Å². The van der Waals surface area contributed by atoms with E-state index in [4.69, 9.17) is 30.2 Å². The summed E-state index contributed by atoms with van der Waals surface area (Å²) in [4.78, 5) is 16.9. The predicted molar refractivity (Wildman–Crippen MR) is 37.2 cm³/mol. The van der Waals surface area contributed by atoms with Gasteiger partial charge in [-0.15, -0.1) is 0 Å². The Bertz CT molecular complexity index is 188. The van der Waals surface area contributed by atoms with Crippen LogP contribution in [0.15, 0.2) is 0 Å². The van der Waals surface area contributed by atoms with Gasteiger partial charge in [0.2, 0.25) is 5.34 Å². The summed E-state index contributed by atoms with van der Waals surface area (Å²) < 4.78 is 10.5. The largest absolute Gasteiger partial charge is 0.394 e. The monoisotopic (exact) mass is 202 g/mol. The van der Waals surface area contributed by atoms with Crippen molar-refractivity contribution in [2.75, 3.05) is 13.2 Å². The molecule has 12 heavy (non-hydrogen) atoms. The first-order valence-electron chi connectivity index (χ1n) is 2.97. The zero-order valence-electron chi connectivity index (χ0n) is 6.03. The fraction of sp³-hybridized carbons (Fsp3) is 1.00. The molecule has 0 aromatic heterocycles. The number of aliphatic hydroxyl groups is 4. The average molecular weight is 202 g/mol. The van der Waals surface area contributed by atoms with Crippen molar-refractivity contribution in [3.63, 3.8) is 0 Å². The molecule has 0 aromatic carbocycles. The summed E-state index contributed by atoms with van der Waals surface area (Å²) in [7, 11) is -5.06. The van der Waals surface area contributed by atoms with E-state index in [9.17, 15) is 4.57 Å². The van der Waals surface area contributed by atoms with Gasteiger partial charge in [-0.1, -0.05) is 0 Å². The SMILES string of the molecule is O=P(O)(O)[C@](O)(CO)[C@H](O)CO. The van der Waals surface area contributed by atoms with Crippen molar-refractivity contribution < 1.29 is 34.8 Å². The van der Waals surface area contributed by atoms with E-state index in [1.54, 1.807) is 0 Å². The van der Waals surface area contributed by atoms with Crippen molar-refractivity contribution in [3.05, 3.63) is 0 Å². The molecule has 74 valence electrons. The molecule has 2 atom stereocenters. The Balaban J connectivity index is 4.80. The zero-order valence-corrected chi connectivity index (χ0v) is 6.92. The molecule has 0 aliphatic rings. The van der Waals surface area contributed by atoms with Crippen LogP contribution in [-0.2, 0) is 4.57 Å². The average Bonchev–Trinajstić information content (AvgIpc) is 1.99. The molecule has 0 bridgehead atoms. The van der Waals surface area contributed by atoms with Crippen LogP contribution in [0.1, 0.15) is 0 Å².